The second-order valence-electron chi connectivity index (χ2n) is 0. The first-order chi connectivity index (χ1) is 0. The molecule has 5 heavy (non-hydrogen) atoms. The molecule has 0 bridgehead atoms. The molecule has 0 aromatic rings. The Hall–Kier alpha value is 1.33. The van der Waals surface area contributed by atoms with Gasteiger partial charge < -0.3 is 16.4 Å². The van der Waals surface area contributed by atoms with Crippen LogP contribution >= 0.6 is 0 Å². The molecule has 0 fully saturated rings. The van der Waals surface area contributed by atoms with Gasteiger partial charge in [0.05, 0.1) is 0 Å². The zero-order valence-electron chi connectivity index (χ0n) is 2.25. The Labute approximate surface area is 60.5 Å². The van der Waals surface area contributed by atoms with E-state index in [1.165, 1.54) is 0 Å². The van der Waals surface area contributed by atoms with Gasteiger partial charge in [-0.25, -0.2) is 0 Å². The molecule has 0 rings (SSSR count). The zero-order valence-corrected chi connectivity index (χ0v) is 5.93. The van der Waals surface area contributed by atoms with Crippen molar-refractivity contribution in [2.24, 2.45) is 0 Å². The van der Waals surface area contributed by atoms with Gasteiger partial charge in [0.2, 0.25) is 0 Å². The summed E-state index contributed by atoms with van der Waals surface area (Å²) in [7, 11) is 0. The molecule has 0 aromatic heterocycles. The Balaban J connectivity index is 0. The summed E-state index contributed by atoms with van der Waals surface area (Å²) in [6.45, 7) is 0. The van der Waals surface area contributed by atoms with E-state index in [-0.39, 0.29) is 60.5 Å². The van der Waals surface area contributed by atoms with E-state index in [4.69, 9.17) is 0 Å². The van der Waals surface area contributed by atoms with Crippen molar-refractivity contribution in [3.8, 4) is 0 Å². The molecule has 0 aliphatic rings. The Morgan fingerprint density at radius 3 is 0.600 bits per heavy atom. The maximum Gasteiger partial charge on any atom is 4.00 e. The third-order valence-electron chi connectivity index (χ3n) is 0. The zero-order chi connectivity index (χ0) is 0. The van der Waals surface area contributed by atoms with Crippen LogP contribution in [0.5, 0.6) is 0 Å². The molecule has 0 aromatic carbocycles. The Morgan fingerprint density at radius 1 is 0.600 bits per heavy atom. The third-order valence-corrected chi connectivity index (χ3v) is 0. The van der Waals surface area contributed by atoms with Crippen LogP contribution in [0.2, 0.25) is 0 Å². The van der Waals surface area contributed by atoms with Gasteiger partial charge in [0, 0.05) is 0 Å². The van der Waals surface area contributed by atoms with Gasteiger partial charge in [-0.05, 0) is 0 Å². The van der Waals surface area contributed by atoms with Crippen LogP contribution < -0.4 is 0 Å². The van der Waals surface area contributed by atoms with Crippen LogP contribution in [0.4, 0.5) is 0 Å². The van der Waals surface area contributed by atoms with Crippen LogP contribution in [0.15, 0.2) is 0 Å². The molecule has 0 spiro atoms. The molecule has 0 radical (unpaired) electrons. The molecular weight excluding hydrogens is 267 g/mol. The van der Waals surface area contributed by atoms with Gasteiger partial charge in [-0.1, -0.05) is 0 Å². The molecule has 0 aliphatic carbocycles. The predicted octanol–water partition coefficient (Wildman–Crippen LogP) is -0.740. The van der Waals surface area contributed by atoms with Crippen molar-refractivity contribution < 1.29 is 37.5 Å². The summed E-state index contributed by atoms with van der Waals surface area (Å²) in [4.78, 5) is 0. The van der Waals surface area contributed by atoms with Crippen LogP contribution in [0, 0.1) is 0 Å². The van der Waals surface area contributed by atoms with Crippen LogP contribution in [-0.4, -0.2) is 23.1 Å². The van der Waals surface area contributed by atoms with E-state index in [1.807, 2.05) is 0 Å². The van der Waals surface area contributed by atoms with E-state index in [0.29, 0.717) is 0 Å². The van der Waals surface area contributed by atoms with Gasteiger partial charge in [0.25, 0.3) is 0 Å². The Kier molecular flexibility index (Phi) is 1140. The summed E-state index contributed by atoms with van der Waals surface area (Å²) in [5, 5.41) is 0. The third kappa shape index (κ3) is 33.3. The van der Waals surface area contributed by atoms with E-state index >= 15 is 0 Å². The van der Waals surface area contributed by atoms with Gasteiger partial charge in [-0.3, -0.25) is 0 Å². The molecule has 3 nitrogen and oxygen atoms in total. The fourth-order valence-corrected chi connectivity index (χ4v) is 0. The molecule has 0 atom stereocenters. The summed E-state index contributed by atoms with van der Waals surface area (Å²) < 4.78 is 0. The summed E-state index contributed by atoms with van der Waals surface area (Å²) >= 11 is 0. The first kappa shape index (κ1) is 101. The normalized spacial score (nSPS) is 0. The van der Waals surface area contributed by atoms with Gasteiger partial charge in [0.1, 0.15) is 0 Å². The van der Waals surface area contributed by atoms with Crippen LogP contribution in [0.25, 0.3) is 0 Å². The maximum absolute atomic E-state index is 0. The van der Waals surface area contributed by atoms with Gasteiger partial charge in [-0.2, -0.15) is 0 Å². The van der Waals surface area contributed by atoms with Crippen molar-refractivity contribution in [1.29, 1.82) is 0 Å². The van der Waals surface area contributed by atoms with Crippen molar-refractivity contribution >= 4 is 23.1 Å². The minimum Gasteiger partial charge on any atom is -2.00 e. The van der Waals surface area contributed by atoms with Crippen molar-refractivity contribution in [1.82, 2.24) is 0 Å². The van der Waals surface area contributed by atoms with Gasteiger partial charge in [-0.15, -0.1) is 0 Å². The monoisotopic (exact) mass is 267 g/mol. The molecule has 0 unspecified atom stereocenters. The fraction of sp³-hybridized carbons (Fsp3) is 0. The minimum absolute atomic E-state index is 0. The summed E-state index contributed by atoms with van der Waals surface area (Å²) in [5.41, 5.74) is 0. The molecule has 0 heterocycles. The van der Waals surface area contributed by atoms with Gasteiger partial charge in [0.15, 0.2) is 0 Å². The first-order valence-corrected chi connectivity index (χ1v) is 0. The van der Waals surface area contributed by atoms with Crippen molar-refractivity contribution in [2.75, 3.05) is 0 Å². The quantitative estimate of drug-likeness (QED) is 0.518. The van der Waals surface area contributed by atoms with Gasteiger partial charge >= 0.3 is 44.1 Å². The topological polar surface area (TPSA) is 85.5 Å². The predicted molar refractivity (Wildman–Crippen MR) is 7.81 cm³/mol. The maximum atomic E-state index is 0. The second kappa shape index (κ2) is 56.3. The number of hydrogen-bond donors (Lipinski definition) is 0. The van der Waals surface area contributed by atoms with E-state index in [9.17, 15) is 0 Å². The molecule has 0 saturated carbocycles. The molecule has 0 N–H and O–H groups in total. The SMILES string of the molecule is [Mg+2].[O-2].[O-2].[O-2].[Pt+4]. The van der Waals surface area contributed by atoms with Crippen molar-refractivity contribution in [2.45, 2.75) is 0 Å². The number of hydrogen-bond acceptors (Lipinski definition) is 0. The van der Waals surface area contributed by atoms with E-state index < -0.39 is 0 Å². The molecule has 0 saturated heterocycles. The average Bonchev–Trinajstić information content (AvgIpc) is 0. The summed E-state index contributed by atoms with van der Waals surface area (Å²) in [5.74, 6) is 0. The second-order valence-corrected chi connectivity index (χ2v) is 0. The molecular formula is MgO3Pt. The van der Waals surface area contributed by atoms with Crippen LogP contribution in [-0.2, 0) is 37.5 Å². The molecule has 0 aliphatic heterocycles. The van der Waals surface area contributed by atoms with E-state index in [1.54, 1.807) is 0 Å². The number of rotatable bonds is 0. The minimum atomic E-state index is 0. The summed E-state index contributed by atoms with van der Waals surface area (Å²) in [6.07, 6.45) is 0. The van der Waals surface area contributed by atoms with Crippen LogP contribution in [0.1, 0.15) is 0 Å². The largest absolute Gasteiger partial charge is 4.00 e. The Morgan fingerprint density at radius 2 is 0.600 bits per heavy atom. The standard InChI is InChI=1S/Mg.3O.Pt/q+2;3*-2;+4. The fourth-order valence-electron chi connectivity index (χ4n) is 0. The molecule has 0 amide bonds. The van der Waals surface area contributed by atoms with Crippen molar-refractivity contribution in [3.05, 3.63) is 0 Å². The van der Waals surface area contributed by atoms with Crippen LogP contribution in [0.3, 0.4) is 0 Å². The summed E-state index contributed by atoms with van der Waals surface area (Å²) in [6, 6.07) is 0. The molecule has 30 valence electrons. The van der Waals surface area contributed by atoms with Crippen molar-refractivity contribution in [3.63, 3.8) is 0 Å². The smallest absolute Gasteiger partial charge is 2.00 e. The van der Waals surface area contributed by atoms with E-state index in [0.717, 1.165) is 0 Å². The Bertz CT molecular complexity index is 6.85. The van der Waals surface area contributed by atoms with E-state index in [2.05, 4.69) is 0 Å². The first-order valence-electron chi connectivity index (χ1n) is 0. The molecule has 5 heteroatoms. The average molecular weight is 267 g/mol.